The second-order valence-corrected chi connectivity index (χ2v) is 4.89. The summed E-state index contributed by atoms with van der Waals surface area (Å²) in [6, 6.07) is 12.6. The number of anilines is 1. The molecule has 0 unspecified atom stereocenters. The van der Waals surface area contributed by atoms with Crippen molar-refractivity contribution >= 4 is 23.1 Å². The number of methoxy groups -OCH3 is 1. The van der Waals surface area contributed by atoms with Crippen molar-refractivity contribution in [2.45, 2.75) is 6.92 Å². The van der Waals surface area contributed by atoms with Crippen LogP contribution in [0.1, 0.15) is 15.9 Å². The number of halogens is 1. The lowest BCUT2D eigenvalue weighted by atomic mass is 10.1. The minimum Gasteiger partial charge on any atom is -0.497 e. The monoisotopic (exact) mass is 301 g/mol. The zero-order valence-corrected chi connectivity index (χ0v) is 12.6. The van der Waals surface area contributed by atoms with Crippen molar-refractivity contribution in [3.63, 3.8) is 0 Å². The van der Waals surface area contributed by atoms with Crippen molar-refractivity contribution in [1.29, 1.82) is 0 Å². The first-order chi connectivity index (χ1) is 10.1. The maximum Gasteiger partial charge on any atom is 0.187 e. The Bertz CT molecular complexity index is 680. The van der Waals surface area contributed by atoms with E-state index in [-0.39, 0.29) is 5.78 Å². The van der Waals surface area contributed by atoms with E-state index in [1.165, 1.54) is 6.08 Å². The standard InChI is InChI=1S/C17H16ClNO2/c1-12-15(18)7-4-8-16(12)19-10-9-17(20)13-5-3-6-14(11-13)21-2/h3-11,19H,1-2H3. The number of nitrogens with one attached hydrogen (secondary N) is 1. The number of hydrogen-bond donors (Lipinski definition) is 1. The maximum atomic E-state index is 12.0. The molecule has 0 bridgehead atoms. The molecule has 0 amide bonds. The number of hydrogen-bond acceptors (Lipinski definition) is 3. The molecule has 4 heteroatoms. The third kappa shape index (κ3) is 3.86. The minimum absolute atomic E-state index is 0.0962. The van der Waals surface area contributed by atoms with E-state index in [0.29, 0.717) is 16.3 Å². The molecule has 108 valence electrons. The van der Waals surface area contributed by atoms with Gasteiger partial charge in [0.25, 0.3) is 0 Å². The molecule has 0 heterocycles. The van der Waals surface area contributed by atoms with Gasteiger partial charge < -0.3 is 10.1 Å². The van der Waals surface area contributed by atoms with Gasteiger partial charge in [0.1, 0.15) is 5.75 Å². The van der Waals surface area contributed by atoms with E-state index < -0.39 is 0 Å². The minimum atomic E-state index is -0.0962. The second kappa shape index (κ2) is 6.95. The molecule has 0 aliphatic heterocycles. The van der Waals surface area contributed by atoms with Gasteiger partial charge in [-0.3, -0.25) is 4.79 Å². The molecule has 0 aliphatic rings. The van der Waals surface area contributed by atoms with Gasteiger partial charge in [0, 0.05) is 28.5 Å². The summed E-state index contributed by atoms with van der Waals surface area (Å²) < 4.78 is 5.10. The van der Waals surface area contributed by atoms with Gasteiger partial charge in [-0.2, -0.15) is 0 Å². The van der Waals surface area contributed by atoms with Crippen LogP contribution in [0.4, 0.5) is 5.69 Å². The van der Waals surface area contributed by atoms with Crippen LogP contribution in [0.15, 0.2) is 54.7 Å². The summed E-state index contributed by atoms with van der Waals surface area (Å²) in [6.07, 6.45) is 3.09. The predicted octanol–water partition coefficient (Wildman–Crippen LogP) is 4.47. The Morgan fingerprint density at radius 2 is 2.00 bits per heavy atom. The van der Waals surface area contributed by atoms with Gasteiger partial charge in [-0.1, -0.05) is 29.8 Å². The Hall–Kier alpha value is -2.26. The van der Waals surface area contributed by atoms with E-state index in [9.17, 15) is 4.79 Å². The lowest BCUT2D eigenvalue weighted by Crippen LogP contribution is -1.97. The number of allylic oxidation sites excluding steroid dienone is 1. The largest absolute Gasteiger partial charge is 0.497 e. The maximum absolute atomic E-state index is 12.0. The number of benzene rings is 2. The van der Waals surface area contributed by atoms with Crippen molar-refractivity contribution < 1.29 is 9.53 Å². The van der Waals surface area contributed by atoms with Crippen LogP contribution in [0.2, 0.25) is 5.02 Å². The number of ether oxygens (including phenoxy) is 1. The lowest BCUT2D eigenvalue weighted by molar-refractivity contribution is 0.104. The van der Waals surface area contributed by atoms with Crippen molar-refractivity contribution in [1.82, 2.24) is 0 Å². The van der Waals surface area contributed by atoms with Crippen molar-refractivity contribution in [2.24, 2.45) is 0 Å². The fraction of sp³-hybridized carbons (Fsp3) is 0.118. The molecule has 0 aromatic heterocycles. The zero-order chi connectivity index (χ0) is 15.2. The fourth-order valence-electron chi connectivity index (χ4n) is 1.84. The van der Waals surface area contributed by atoms with Crippen LogP contribution in [0.3, 0.4) is 0 Å². The number of carbonyl (C=O) groups is 1. The van der Waals surface area contributed by atoms with E-state index in [0.717, 1.165) is 11.3 Å². The molecular formula is C17H16ClNO2. The van der Waals surface area contributed by atoms with Gasteiger partial charge in [0.2, 0.25) is 0 Å². The summed E-state index contributed by atoms with van der Waals surface area (Å²) >= 11 is 6.04. The predicted molar refractivity (Wildman–Crippen MR) is 86.3 cm³/mol. The number of rotatable bonds is 5. The highest BCUT2D eigenvalue weighted by molar-refractivity contribution is 6.31. The molecule has 2 rings (SSSR count). The van der Waals surface area contributed by atoms with Crippen LogP contribution in [0.25, 0.3) is 0 Å². The summed E-state index contributed by atoms with van der Waals surface area (Å²) in [6.45, 7) is 1.92. The van der Waals surface area contributed by atoms with Gasteiger partial charge >= 0.3 is 0 Å². The molecule has 0 saturated carbocycles. The molecule has 3 nitrogen and oxygen atoms in total. The van der Waals surface area contributed by atoms with Gasteiger partial charge in [0.15, 0.2) is 5.78 Å². The van der Waals surface area contributed by atoms with E-state index >= 15 is 0 Å². The van der Waals surface area contributed by atoms with Gasteiger partial charge in [-0.05, 0) is 36.8 Å². The molecule has 21 heavy (non-hydrogen) atoms. The highest BCUT2D eigenvalue weighted by Gasteiger charge is 2.03. The van der Waals surface area contributed by atoms with Crippen LogP contribution in [-0.2, 0) is 0 Å². The summed E-state index contributed by atoms with van der Waals surface area (Å²) in [5.41, 5.74) is 2.39. The SMILES string of the molecule is COc1cccc(C(=O)C=CNc2cccc(Cl)c2C)c1. The summed E-state index contributed by atoms with van der Waals surface area (Å²) in [5.74, 6) is 0.564. The first-order valence-corrected chi connectivity index (χ1v) is 6.86. The number of carbonyl (C=O) groups excluding carboxylic acids is 1. The molecule has 0 radical (unpaired) electrons. The third-order valence-electron chi connectivity index (χ3n) is 3.10. The molecule has 0 spiro atoms. The Morgan fingerprint density at radius 3 is 2.76 bits per heavy atom. The topological polar surface area (TPSA) is 38.3 Å². The van der Waals surface area contributed by atoms with Gasteiger partial charge in [-0.25, -0.2) is 0 Å². The molecule has 2 aromatic rings. The molecule has 0 aliphatic carbocycles. The molecular weight excluding hydrogens is 286 g/mol. The highest BCUT2D eigenvalue weighted by Crippen LogP contribution is 2.22. The normalized spacial score (nSPS) is 10.6. The van der Waals surface area contributed by atoms with Crippen LogP contribution in [0.5, 0.6) is 5.75 Å². The first-order valence-electron chi connectivity index (χ1n) is 6.48. The van der Waals surface area contributed by atoms with Gasteiger partial charge in [0.05, 0.1) is 7.11 Å². The molecule has 0 saturated heterocycles. The van der Waals surface area contributed by atoms with Crippen molar-refractivity contribution in [3.05, 3.63) is 70.9 Å². The Balaban J connectivity index is 2.07. The van der Waals surface area contributed by atoms with E-state index in [1.807, 2.05) is 25.1 Å². The average molecular weight is 302 g/mol. The molecule has 1 N–H and O–H groups in total. The molecule has 0 fully saturated rings. The van der Waals surface area contributed by atoms with Crippen LogP contribution >= 0.6 is 11.6 Å². The Kier molecular flexibility index (Phi) is 5.01. The number of ketones is 1. The average Bonchev–Trinajstić information content (AvgIpc) is 2.51. The zero-order valence-electron chi connectivity index (χ0n) is 11.9. The highest BCUT2D eigenvalue weighted by atomic mass is 35.5. The van der Waals surface area contributed by atoms with Crippen molar-refractivity contribution in [2.75, 3.05) is 12.4 Å². The van der Waals surface area contributed by atoms with E-state index in [2.05, 4.69) is 5.32 Å². The fourth-order valence-corrected chi connectivity index (χ4v) is 2.02. The van der Waals surface area contributed by atoms with Crippen LogP contribution < -0.4 is 10.1 Å². The Labute approximate surface area is 129 Å². The molecule has 0 atom stereocenters. The van der Waals surface area contributed by atoms with Crippen molar-refractivity contribution in [3.8, 4) is 5.75 Å². The summed E-state index contributed by atoms with van der Waals surface area (Å²) in [4.78, 5) is 12.0. The van der Waals surface area contributed by atoms with Crippen LogP contribution in [0, 0.1) is 6.92 Å². The van der Waals surface area contributed by atoms with E-state index in [1.54, 1.807) is 37.6 Å². The first kappa shape index (κ1) is 15.1. The van der Waals surface area contributed by atoms with Gasteiger partial charge in [-0.15, -0.1) is 0 Å². The lowest BCUT2D eigenvalue weighted by Gasteiger charge is -2.06. The summed E-state index contributed by atoms with van der Waals surface area (Å²) in [7, 11) is 1.57. The van der Waals surface area contributed by atoms with Crippen LogP contribution in [-0.4, -0.2) is 12.9 Å². The third-order valence-corrected chi connectivity index (χ3v) is 3.50. The second-order valence-electron chi connectivity index (χ2n) is 4.49. The summed E-state index contributed by atoms with van der Waals surface area (Å²) in [5, 5.41) is 3.75. The van der Waals surface area contributed by atoms with E-state index in [4.69, 9.17) is 16.3 Å². The molecule has 2 aromatic carbocycles. The smallest absolute Gasteiger partial charge is 0.187 e. The quantitative estimate of drug-likeness (QED) is 0.654. The Morgan fingerprint density at radius 1 is 1.24 bits per heavy atom.